The first-order valence-electron chi connectivity index (χ1n) is 8.46. The Bertz CT molecular complexity index is 789. The van der Waals surface area contributed by atoms with Crippen LogP contribution in [0.5, 0.6) is 11.5 Å². The molecule has 2 aromatic carbocycles. The predicted octanol–water partition coefficient (Wildman–Crippen LogP) is 2.37. The lowest BCUT2D eigenvalue weighted by Gasteiger charge is -2.17. The van der Waals surface area contributed by atoms with Gasteiger partial charge in [0.15, 0.2) is 0 Å². The molecule has 0 radical (unpaired) electrons. The molecule has 1 fully saturated rings. The predicted molar refractivity (Wildman–Crippen MR) is 98.3 cm³/mol. The summed E-state index contributed by atoms with van der Waals surface area (Å²) in [5.41, 5.74) is 1.73. The average molecular weight is 354 g/mol. The van der Waals surface area contributed by atoms with E-state index in [-0.39, 0.29) is 24.2 Å². The van der Waals surface area contributed by atoms with Crippen LogP contribution in [0.15, 0.2) is 48.5 Å². The molecule has 1 atom stereocenters. The van der Waals surface area contributed by atoms with Crippen LogP contribution in [0.1, 0.15) is 12.0 Å². The third kappa shape index (κ3) is 3.96. The number of nitrogens with one attached hydrogen (secondary N) is 1. The van der Waals surface area contributed by atoms with Crippen molar-refractivity contribution in [3.63, 3.8) is 0 Å². The fourth-order valence-electron chi connectivity index (χ4n) is 3.01. The molecule has 6 nitrogen and oxygen atoms in total. The molecular formula is C20H22N2O4. The van der Waals surface area contributed by atoms with Crippen molar-refractivity contribution in [3.05, 3.63) is 54.1 Å². The molecule has 2 aromatic rings. The van der Waals surface area contributed by atoms with Gasteiger partial charge < -0.3 is 19.7 Å². The first-order chi connectivity index (χ1) is 12.6. The summed E-state index contributed by atoms with van der Waals surface area (Å²) in [5.74, 6) is 0.968. The van der Waals surface area contributed by atoms with Crippen LogP contribution < -0.4 is 19.7 Å². The quantitative estimate of drug-likeness (QED) is 0.865. The van der Waals surface area contributed by atoms with E-state index in [1.807, 2.05) is 36.4 Å². The van der Waals surface area contributed by atoms with E-state index in [9.17, 15) is 9.59 Å². The van der Waals surface area contributed by atoms with E-state index in [1.54, 1.807) is 31.3 Å². The van der Waals surface area contributed by atoms with Crippen LogP contribution in [0, 0.1) is 5.92 Å². The van der Waals surface area contributed by atoms with Crippen molar-refractivity contribution < 1.29 is 19.1 Å². The van der Waals surface area contributed by atoms with Gasteiger partial charge in [0.05, 0.1) is 20.1 Å². The van der Waals surface area contributed by atoms with E-state index >= 15 is 0 Å². The number of carbonyl (C=O) groups excluding carboxylic acids is 2. The molecule has 0 aliphatic carbocycles. The molecule has 0 saturated carbocycles. The van der Waals surface area contributed by atoms with Crippen molar-refractivity contribution in [1.82, 2.24) is 5.32 Å². The second-order valence-electron chi connectivity index (χ2n) is 6.17. The van der Waals surface area contributed by atoms with E-state index in [4.69, 9.17) is 9.47 Å². The fraction of sp³-hybridized carbons (Fsp3) is 0.300. The molecular weight excluding hydrogens is 332 g/mol. The largest absolute Gasteiger partial charge is 0.497 e. The lowest BCUT2D eigenvalue weighted by Crippen LogP contribution is -2.32. The average Bonchev–Trinajstić information content (AvgIpc) is 3.08. The third-order valence-corrected chi connectivity index (χ3v) is 4.48. The van der Waals surface area contributed by atoms with Crippen LogP contribution in [0.3, 0.4) is 0 Å². The van der Waals surface area contributed by atoms with Gasteiger partial charge in [-0.25, -0.2) is 0 Å². The molecule has 1 heterocycles. The number of ether oxygens (including phenoxy) is 2. The zero-order valence-electron chi connectivity index (χ0n) is 14.9. The number of amides is 2. The maximum absolute atomic E-state index is 12.5. The van der Waals surface area contributed by atoms with Crippen LogP contribution >= 0.6 is 0 Å². The van der Waals surface area contributed by atoms with Crippen molar-refractivity contribution in [1.29, 1.82) is 0 Å². The number of anilines is 1. The summed E-state index contributed by atoms with van der Waals surface area (Å²) >= 11 is 0. The normalized spacial score (nSPS) is 16.5. The number of hydrogen-bond acceptors (Lipinski definition) is 4. The van der Waals surface area contributed by atoms with E-state index in [0.717, 1.165) is 22.7 Å². The second kappa shape index (κ2) is 7.91. The van der Waals surface area contributed by atoms with Gasteiger partial charge in [-0.1, -0.05) is 12.1 Å². The van der Waals surface area contributed by atoms with Crippen LogP contribution in [-0.4, -0.2) is 32.6 Å². The molecule has 1 N–H and O–H groups in total. The van der Waals surface area contributed by atoms with Gasteiger partial charge in [-0.05, 0) is 42.0 Å². The van der Waals surface area contributed by atoms with Gasteiger partial charge in [0.2, 0.25) is 11.8 Å². The summed E-state index contributed by atoms with van der Waals surface area (Å²) in [6.45, 7) is 0.790. The van der Waals surface area contributed by atoms with Gasteiger partial charge >= 0.3 is 0 Å². The van der Waals surface area contributed by atoms with Crippen LogP contribution in [0.25, 0.3) is 0 Å². The van der Waals surface area contributed by atoms with Gasteiger partial charge in [-0.3, -0.25) is 9.59 Å². The second-order valence-corrected chi connectivity index (χ2v) is 6.17. The third-order valence-electron chi connectivity index (χ3n) is 4.48. The Labute approximate surface area is 152 Å². The summed E-state index contributed by atoms with van der Waals surface area (Å²) in [4.78, 5) is 26.4. The zero-order valence-corrected chi connectivity index (χ0v) is 14.9. The van der Waals surface area contributed by atoms with E-state index in [2.05, 4.69) is 5.32 Å². The Kier molecular flexibility index (Phi) is 5.41. The highest BCUT2D eigenvalue weighted by Gasteiger charge is 2.34. The Morgan fingerprint density at radius 2 is 1.85 bits per heavy atom. The number of methoxy groups -OCH3 is 2. The molecule has 1 aliphatic rings. The topological polar surface area (TPSA) is 67.9 Å². The van der Waals surface area contributed by atoms with Crippen molar-refractivity contribution in [2.24, 2.45) is 5.92 Å². The Balaban J connectivity index is 1.59. The van der Waals surface area contributed by atoms with Gasteiger partial charge in [0, 0.05) is 25.2 Å². The minimum absolute atomic E-state index is 0.0447. The molecule has 0 bridgehead atoms. The number of carbonyl (C=O) groups is 2. The minimum atomic E-state index is -0.352. The molecule has 0 unspecified atom stereocenters. The monoisotopic (exact) mass is 354 g/mol. The molecule has 1 saturated heterocycles. The van der Waals surface area contributed by atoms with Crippen molar-refractivity contribution in [3.8, 4) is 11.5 Å². The Morgan fingerprint density at radius 1 is 1.12 bits per heavy atom. The number of hydrogen-bond donors (Lipinski definition) is 1. The summed E-state index contributed by atoms with van der Waals surface area (Å²) in [6, 6.07) is 14.8. The van der Waals surface area contributed by atoms with Crippen molar-refractivity contribution in [2.45, 2.75) is 13.0 Å². The molecule has 6 heteroatoms. The highest BCUT2D eigenvalue weighted by Crippen LogP contribution is 2.27. The highest BCUT2D eigenvalue weighted by atomic mass is 16.5. The van der Waals surface area contributed by atoms with E-state index in [1.165, 1.54) is 0 Å². The first-order valence-corrected chi connectivity index (χ1v) is 8.46. The molecule has 136 valence electrons. The van der Waals surface area contributed by atoms with E-state index < -0.39 is 0 Å². The summed E-state index contributed by atoms with van der Waals surface area (Å²) in [7, 11) is 3.20. The standard InChI is InChI=1S/C20H22N2O4/c1-25-17-8-6-16(7-9-17)22-13-15(11-19(22)23)20(24)21-12-14-4-3-5-18(10-14)26-2/h3-10,15H,11-13H2,1-2H3,(H,21,24)/t15-/m0/s1. The minimum Gasteiger partial charge on any atom is -0.497 e. The van der Waals surface area contributed by atoms with Crippen molar-refractivity contribution in [2.75, 3.05) is 25.7 Å². The molecule has 0 aromatic heterocycles. The van der Waals surface area contributed by atoms with Crippen LogP contribution in [0.4, 0.5) is 5.69 Å². The maximum atomic E-state index is 12.5. The molecule has 1 aliphatic heterocycles. The summed E-state index contributed by atoms with van der Waals surface area (Å²) in [6.07, 6.45) is 0.218. The van der Waals surface area contributed by atoms with Gasteiger partial charge in [0.1, 0.15) is 11.5 Å². The number of benzene rings is 2. The van der Waals surface area contributed by atoms with Gasteiger partial charge in [0.25, 0.3) is 0 Å². The van der Waals surface area contributed by atoms with Gasteiger partial charge in [-0.2, -0.15) is 0 Å². The lowest BCUT2D eigenvalue weighted by atomic mass is 10.1. The van der Waals surface area contributed by atoms with E-state index in [0.29, 0.717) is 13.1 Å². The number of nitrogens with zero attached hydrogens (tertiary/aromatic N) is 1. The fourth-order valence-corrected chi connectivity index (χ4v) is 3.01. The lowest BCUT2D eigenvalue weighted by molar-refractivity contribution is -0.126. The molecule has 26 heavy (non-hydrogen) atoms. The first kappa shape index (κ1) is 17.8. The Morgan fingerprint density at radius 3 is 2.54 bits per heavy atom. The van der Waals surface area contributed by atoms with Crippen LogP contribution in [-0.2, 0) is 16.1 Å². The summed E-state index contributed by atoms with van der Waals surface area (Å²) in [5, 5.41) is 2.91. The Hall–Kier alpha value is -3.02. The summed E-state index contributed by atoms with van der Waals surface area (Å²) < 4.78 is 10.3. The molecule has 2 amide bonds. The van der Waals surface area contributed by atoms with Gasteiger partial charge in [-0.15, -0.1) is 0 Å². The smallest absolute Gasteiger partial charge is 0.227 e. The van der Waals surface area contributed by atoms with Crippen LogP contribution in [0.2, 0.25) is 0 Å². The maximum Gasteiger partial charge on any atom is 0.227 e. The number of rotatable bonds is 6. The SMILES string of the molecule is COc1ccc(N2C[C@@H](C(=O)NCc3cccc(OC)c3)CC2=O)cc1. The molecule has 0 spiro atoms. The molecule has 3 rings (SSSR count). The van der Waals surface area contributed by atoms with Crippen molar-refractivity contribution >= 4 is 17.5 Å². The highest BCUT2D eigenvalue weighted by molar-refractivity contribution is 6.00. The zero-order chi connectivity index (χ0) is 18.5.